The van der Waals surface area contributed by atoms with Crippen molar-refractivity contribution in [3.8, 4) is 0 Å². The van der Waals surface area contributed by atoms with Gasteiger partial charge >= 0.3 is 5.97 Å². The first kappa shape index (κ1) is 17.8. The Bertz CT molecular complexity index is 562. The second-order valence-electron chi connectivity index (χ2n) is 9.96. The minimum absolute atomic E-state index is 0.0252. The van der Waals surface area contributed by atoms with Crippen LogP contribution in [-0.2, 0) is 9.53 Å². The molecule has 142 valence electrons. The van der Waals surface area contributed by atoms with Crippen LogP contribution in [0.4, 0.5) is 0 Å². The van der Waals surface area contributed by atoms with Crippen LogP contribution in [0.15, 0.2) is 0 Å². The number of methoxy groups -OCH3 is 1. The Morgan fingerprint density at radius 1 is 1.00 bits per heavy atom. The Morgan fingerprint density at radius 3 is 2.48 bits per heavy atom. The lowest BCUT2D eigenvalue weighted by atomic mass is 9.43. The summed E-state index contributed by atoms with van der Waals surface area (Å²) < 4.78 is 5.11. The standard InChI is InChI=1S/C21H34O4/c1-19-9-8-16-14(15(19)4-5-17(19)18(23)25-3)7-11-21(24)12-13(22)6-10-20(16,21)2/h13-17,22,24H,4-12H2,1-3H3/t13-,14-,15-,16-,17+,19-,20+,21+/m0/s1. The summed E-state index contributed by atoms with van der Waals surface area (Å²) in [5.74, 6) is 1.72. The van der Waals surface area contributed by atoms with Crippen LogP contribution in [0.5, 0.6) is 0 Å². The molecular formula is C21H34O4. The third-order valence-electron chi connectivity index (χ3n) is 9.27. The summed E-state index contributed by atoms with van der Waals surface area (Å²) in [7, 11) is 1.51. The second-order valence-corrected chi connectivity index (χ2v) is 9.96. The van der Waals surface area contributed by atoms with Gasteiger partial charge in [0.15, 0.2) is 0 Å². The van der Waals surface area contributed by atoms with Crippen molar-refractivity contribution in [2.45, 2.75) is 83.3 Å². The smallest absolute Gasteiger partial charge is 0.309 e. The largest absolute Gasteiger partial charge is 0.469 e. The van der Waals surface area contributed by atoms with Gasteiger partial charge < -0.3 is 14.9 Å². The van der Waals surface area contributed by atoms with E-state index in [0.717, 1.165) is 51.4 Å². The molecular weight excluding hydrogens is 316 g/mol. The fraction of sp³-hybridized carbons (Fsp3) is 0.952. The molecule has 0 aromatic rings. The van der Waals surface area contributed by atoms with Gasteiger partial charge in [-0.2, -0.15) is 0 Å². The molecule has 4 saturated carbocycles. The fourth-order valence-corrected chi connectivity index (χ4v) is 7.76. The molecule has 4 heteroatoms. The summed E-state index contributed by atoms with van der Waals surface area (Å²) in [6, 6.07) is 0. The van der Waals surface area contributed by atoms with Crippen molar-refractivity contribution in [2.24, 2.45) is 34.5 Å². The third-order valence-corrected chi connectivity index (χ3v) is 9.27. The Hall–Kier alpha value is -0.610. The molecule has 0 heterocycles. The van der Waals surface area contributed by atoms with Gasteiger partial charge in [-0.1, -0.05) is 13.8 Å². The van der Waals surface area contributed by atoms with Gasteiger partial charge in [-0.3, -0.25) is 4.79 Å². The Balaban J connectivity index is 1.63. The monoisotopic (exact) mass is 350 g/mol. The maximum atomic E-state index is 12.3. The number of carbonyl (C=O) groups excluding carboxylic acids is 1. The number of fused-ring (bicyclic) bond motifs is 5. The number of rotatable bonds is 1. The summed E-state index contributed by atoms with van der Waals surface area (Å²) in [5, 5.41) is 21.5. The average molecular weight is 350 g/mol. The molecule has 0 amide bonds. The predicted octanol–water partition coefficient (Wildman–Crippen LogP) is 3.29. The van der Waals surface area contributed by atoms with Crippen molar-refractivity contribution in [2.75, 3.05) is 7.11 Å². The van der Waals surface area contributed by atoms with E-state index in [1.165, 1.54) is 7.11 Å². The highest BCUT2D eigenvalue weighted by Gasteiger charge is 2.65. The summed E-state index contributed by atoms with van der Waals surface area (Å²) >= 11 is 0. The molecule has 0 bridgehead atoms. The Kier molecular flexibility index (Phi) is 4.05. The van der Waals surface area contributed by atoms with E-state index in [1.54, 1.807) is 0 Å². The number of carbonyl (C=O) groups is 1. The number of aliphatic hydroxyl groups excluding tert-OH is 1. The molecule has 4 rings (SSSR count). The van der Waals surface area contributed by atoms with Crippen LogP contribution in [0.25, 0.3) is 0 Å². The predicted molar refractivity (Wildman–Crippen MR) is 94.7 cm³/mol. The van der Waals surface area contributed by atoms with Crippen molar-refractivity contribution < 1.29 is 19.7 Å². The van der Waals surface area contributed by atoms with E-state index in [1.807, 2.05) is 0 Å². The lowest BCUT2D eigenvalue weighted by molar-refractivity contribution is -0.220. The van der Waals surface area contributed by atoms with E-state index in [4.69, 9.17) is 4.74 Å². The van der Waals surface area contributed by atoms with Crippen molar-refractivity contribution >= 4 is 5.97 Å². The molecule has 2 N–H and O–H groups in total. The Labute approximate surface area is 151 Å². The van der Waals surface area contributed by atoms with Crippen molar-refractivity contribution in [1.29, 1.82) is 0 Å². The van der Waals surface area contributed by atoms with Gasteiger partial charge in [-0.05, 0) is 80.0 Å². The zero-order valence-electron chi connectivity index (χ0n) is 16.0. The summed E-state index contributed by atoms with van der Waals surface area (Å²) in [6.45, 7) is 4.60. The molecule has 4 aliphatic rings. The number of aliphatic hydroxyl groups is 2. The molecule has 4 aliphatic carbocycles. The van der Waals surface area contributed by atoms with Gasteiger partial charge in [0.05, 0.1) is 24.7 Å². The third kappa shape index (κ3) is 2.29. The topological polar surface area (TPSA) is 66.8 Å². The molecule has 8 atom stereocenters. The summed E-state index contributed by atoms with van der Waals surface area (Å²) in [4.78, 5) is 12.3. The molecule has 0 aliphatic heterocycles. The summed E-state index contributed by atoms with van der Waals surface area (Å²) in [5.41, 5.74) is -0.728. The molecule has 25 heavy (non-hydrogen) atoms. The van der Waals surface area contributed by atoms with Gasteiger partial charge in [-0.15, -0.1) is 0 Å². The molecule has 0 aromatic heterocycles. The second kappa shape index (κ2) is 5.69. The highest BCUT2D eigenvalue weighted by molar-refractivity contribution is 5.73. The number of hydrogen-bond acceptors (Lipinski definition) is 4. The number of hydrogen-bond donors (Lipinski definition) is 2. The fourth-order valence-electron chi connectivity index (χ4n) is 7.76. The lowest BCUT2D eigenvalue weighted by Crippen LogP contribution is -2.63. The molecule has 4 nitrogen and oxygen atoms in total. The highest BCUT2D eigenvalue weighted by atomic mass is 16.5. The van der Waals surface area contributed by atoms with Crippen LogP contribution in [0.3, 0.4) is 0 Å². The zero-order chi connectivity index (χ0) is 18.0. The van der Waals surface area contributed by atoms with Crippen LogP contribution >= 0.6 is 0 Å². The molecule has 0 spiro atoms. The quantitative estimate of drug-likeness (QED) is 0.712. The van der Waals surface area contributed by atoms with Gasteiger partial charge in [0.25, 0.3) is 0 Å². The molecule has 0 unspecified atom stereocenters. The molecule has 0 aromatic carbocycles. The van der Waals surface area contributed by atoms with Crippen molar-refractivity contribution in [3.05, 3.63) is 0 Å². The summed E-state index contributed by atoms with van der Waals surface area (Å²) in [6.07, 6.45) is 8.01. The van der Waals surface area contributed by atoms with E-state index >= 15 is 0 Å². The zero-order valence-corrected chi connectivity index (χ0v) is 16.0. The van der Waals surface area contributed by atoms with Crippen LogP contribution in [0.2, 0.25) is 0 Å². The lowest BCUT2D eigenvalue weighted by Gasteiger charge is -2.63. The minimum atomic E-state index is -0.708. The van der Waals surface area contributed by atoms with Gasteiger partial charge in [0, 0.05) is 6.42 Å². The van der Waals surface area contributed by atoms with Crippen LogP contribution < -0.4 is 0 Å². The molecule has 0 saturated heterocycles. The minimum Gasteiger partial charge on any atom is -0.469 e. The molecule has 4 fully saturated rings. The Morgan fingerprint density at radius 2 is 1.76 bits per heavy atom. The van der Waals surface area contributed by atoms with E-state index in [9.17, 15) is 15.0 Å². The molecule has 0 radical (unpaired) electrons. The highest BCUT2D eigenvalue weighted by Crippen LogP contribution is 2.68. The van der Waals surface area contributed by atoms with E-state index in [-0.39, 0.29) is 28.8 Å². The first-order chi connectivity index (χ1) is 11.7. The first-order valence-corrected chi connectivity index (χ1v) is 10.2. The van der Waals surface area contributed by atoms with Crippen molar-refractivity contribution in [3.63, 3.8) is 0 Å². The maximum absolute atomic E-state index is 12.3. The van der Waals surface area contributed by atoms with Crippen LogP contribution in [0, 0.1) is 34.5 Å². The van der Waals surface area contributed by atoms with Gasteiger partial charge in [0.1, 0.15) is 0 Å². The van der Waals surface area contributed by atoms with Crippen molar-refractivity contribution in [1.82, 2.24) is 0 Å². The maximum Gasteiger partial charge on any atom is 0.309 e. The van der Waals surface area contributed by atoms with Gasteiger partial charge in [-0.25, -0.2) is 0 Å². The number of esters is 1. The van der Waals surface area contributed by atoms with Crippen LogP contribution in [0.1, 0.15) is 71.6 Å². The van der Waals surface area contributed by atoms with Gasteiger partial charge in [0.2, 0.25) is 0 Å². The normalized spacial score (nSPS) is 55.0. The number of ether oxygens (including phenoxy) is 1. The SMILES string of the molecule is COC(=O)[C@H]1CC[C@H]2[C@@H]3CC[C@@]4(O)C[C@@H](O)CC[C@]4(C)[C@H]3CC[C@]12C. The van der Waals surface area contributed by atoms with Crippen LogP contribution in [-0.4, -0.2) is 35.0 Å². The first-order valence-electron chi connectivity index (χ1n) is 10.2. The van der Waals surface area contributed by atoms with E-state index in [0.29, 0.717) is 24.2 Å². The van der Waals surface area contributed by atoms with E-state index < -0.39 is 5.60 Å². The van der Waals surface area contributed by atoms with E-state index in [2.05, 4.69) is 13.8 Å². The average Bonchev–Trinajstić information content (AvgIpc) is 2.92.